The van der Waals surface area contributed by atoms with Crippen LogP contribution < -0.4 is 4.74 Å². The molecule has 0 aliphatic heterocycles. The van der Waals surface area contributed by atoms with E-state index in [2.05, 4.69) is 0 Å². The minimum absolute atomic E-state index is 0.104. The third-order valence-corrected chi connectivity index (χ3v) is 1.83. The molecule has 0 fully saturated rings. The summed E-state index contributed by atoms with van der Waals surface area (Å²) in [5, 5.41) is 0. The van der Waals surface area contributed by atoms with Gasteiger partial charge in [-0.15, -0.1) is 0 Å². The Morgan fingerprint density at radius 1 is 1.50 bits per heavy atom. The van der Waals surface area contributed by atoms with E-state index in [1.54, 1.807) is 0 Å². The molecule has 0 bridgehead atoms. The number of halogens is 1. The van der Waals surface area contributed by atoms with E-state index < -0.39 is 11.6 Å². The van der Waals surface area contributed by atoms with Gasteiger partial charge in [0.15, 0.2) is 12.1 Å². The van der Waals surface area contributed by atoms with Gasteiger partial charge in [0.1, 0.15) is 11.6 Å². The van der Waals surface area contributed by atoms with Gasteiger partial charge < -0.3 is 4.74 Å². The molecule has 0 aliphatic rings. The monoisotopic (exact) mass is 196 g/mol. The van der Waals surface area contributed by atoms with Crippen LogP contribution in [0.1, 0.15) is 27.6 Å². The predicted molar refractivity (Wildman–Crippen MR) is 48.3 cm³/mol. The Bertz CT molecular complexity index is 385. The third-order valence-electron chi connectivity index (χ3n) is 1.83. The van der Waals surface area contributed by atoms with Crippen molar-refractivity contribution >= 4 is 12.1 Å². The molecule has 14 heavy (non-hydrogen) atoms. The van der Waals surface area contributed by atoms with Gasteiger partial charge in [-0.1, -0.05) is 0 Å². The zero-order valence-electron chi connectivity index (χ0n) is 7.83. The maximum Gasteiger partial charge on any atom is 0.162 e. The molecule has 3 nitrogen and oxygen atoms in total. The number of aldehydes is 1. The summed E-state index contributed by atoms with van der Waals surface area (Å²) in [7, 11) is 1.33. The van der Waals surface area contributed by atoms with Crippen molar-refractivity contribution in [3.63, 3.8) is 0 Å². The van der Waals surface area contributed by atoms with Crippen molar-refractivity contribution in [2.24, 2.45) is 0 Å². The van der Waals surface area contributed by atoms with Crippen molar-refractivity contribution < 1.29 is 18.7 Å². The molecule has 0 saturated carbocycles. The lowest BCUT2D eigenvalue weighted by Crippen LogP contribution is -2.01. The Balaban J connectivity index is 3.37. The van der Waals surface area contributed by atoms with E-state index in [4.69, 9.17) is 4.74 Å². The number of hydrogen-bond acceptors (Lipinski definition) is 3. The molecule has 0 N–H and O–H groups in total. The molecule has 1 rings (SSSR count). The Labute approximate surface area is 80.5 Å². The van der Waals surface area contributed by atoms with Crippen LogP contribution in [-0.2, 0) is 0 Å². The molecule has 0 aromatic heterocycles. The van der Waals surface area contributed by atoms with Gasteiger partial charge in [0.2, 0.25) is 0 Å². The van der Waals surface area contributed by atoms with E-state index in [1.807, 2.05) is 0 Å². The molecule has 0 spiro atoms. The van der Waals surface area contributed by atoms with E-state index in [-0.39, 0.29) is 16.9 Å². The van der Waals surface area contributed by atoms with Gasteiger partial charge in [-0.3, -0.25) is 9.59 Å². The zero-order chi connectivity index (χ0) is 10.7. The zero-order valence-corrected chi connectivity index (χ0v) is 7.83. The van der Waals surface area contributed by atoms with E-state index >= 15 is 0 Å². The van der Waals surface area contributed by atoms with Crippen LogP contribution in [0.5, 0.6) is 5.75 Å². The molecule has 1 aromatic carbocycles. The summed E-state index contributed by atoms with van der Waals surface area (Å²) in [5.41, 5.74) is 0.0620. The fourth-order valence-corrected chi connectivity index (χ4v) is 1.11. The second kappa shape index (κ2) is 4.00. The highest BCUT2D eigenvalue weighted by molar-refractivity contribution is 5.96. The summed E-state index contributed by atoms with van der Waals surface area (Å²) in [6, 6.07) is 2.21. The summed E-state index contributed by atoms with van der Waals surface area (Å²) in [6.45, 7) is 1.24. The van der Waals surface area contributed by atoms with Crippen molar-refractivity contribution in [2.75, 3.05) is 7.11 Å². The van der Waals surface area contributed by atoms with Crippen LogP contribution in [0.4, 0.5) is 4.39 Å². The number of ketones is 1. The van der Waals surface area contributed by atoms with Crippen molar-refractivity contribution in [3.05, 3.63) is 29.1 Å². The van der Waals surface area contributed by atoms with Gasteiger partial charge >= 0.3 is 0 Å². The Hall–Kier alpha value is -1.71. The van der Waals surface area contributed by atoms with Crippen LogP contribution in [-0.4, -0.2) is 19.2 Å². The first-order chi connectivity index (χ1) is 6.60. The fraction of sp³-hybridized carbons (Fsp3) is 0.200. The summed E-state index contributed by atoms with van der Waals surface area (Å²) in [5.74, 6) is -0.976. The number of carbonyl (C=O) groups excluding carboxylic acids is 2. The Kier molecular flexibility index (Phi) is 2.96. The summed E-state index contributed by atoms with van der Waals surface area (Å²) < 4.78 is 18.0. The van der Waals surface area contributed by atoms with Crippen LogP contribution in [0.3, 0.4) is 0 Å². The number of carbonyl (C=O) groups is 2. The summed E-state index contributed by atoms with van der Waals surface area (Å²) in [4.78, 5) is 21.5. The fourth-order valence-electron chi connectivity index (χ4n) is 1.11. The lowest BCUT2D eigenvalue weighted by molar-refractivity contribution is 0.101. The van der Waals surface area contributed by atoms with Crippen LogP contribution in [0.15, 0.2) is 12.1 Å². The second-order valence-corrected chi connectivity index (χ2v) is 2.75. The average molecular weight is 196 g/mol. The smallest absolute Gasteiger partial charge is 0.162 e. The first-order valence-corrected chi connectivity index (χ1v) is 3.93. The molecular formula is C10H9FO3. The van der Waals surface area contributed by atoms with Crippen molar-refractivity contribution in [3.8, 4) is 5.75 Å². The summed E-state index contributed by atoms with van der Waals surface area (Å²) >= 11 is 0. The number of ether oxygens (including phenoxy) is 1. The van der Waals surface area contributed by atoms with E-state index in [0.717, 1.165) is 6.07 Å². The minimum Gasteiger partial charge on any atom is -0.496 e. The number of Topliss-reactive ketones (excluding diaryl/α,β-unsaturated/α-hetero) is 1. The van der Waals surface area contributed by atoms with Gasteiger partial charge in [0.25, 0.3) is 0 Å². The molecule has 0 aliphatic carbocycles. The molecular weight excluding hydrogens is 187 g/mol. The molecule has 1 aromatic rings. The SMILES string of the molecule is COc1cc(F)c(C(C)=O)cc1C=O. The highest BCUT2D eigenvalue weighted by Gasteiger charge is 2.12. The van der Waals surface area contributed by atoms with E-state index in [0.29, 0.717) is 6.29 Å². The van der Waals surface area contributed by atoms with Gasteiger partial charge in [0.05, 0.1) is 18.2 Å². The van der Waals surface area contributed by atoms with Gasteiger partial charge in [-0.2, -0.15) is 0 Å². The quantitative estimate of drug-likeness (QED) is 0.547. The topological polar surface area (TPSA) is 43.4 Å². The number of benzene rings is 1. The van der Waals surface area contributed by atoms with Crippen LogP contribution >= 0.6 is 0 Å². The molecule has 0 saturated heterocycles. The van der Waals surface area contributed by atoms with Crippen molar-refractivity contribution in [1.29, 1.82) is 0 Å². The largest absolute Gasteiger partial charge is 0.496 e. The molecule has 74 valence electrons. The molecule has 4 heteroatoms. The minimum atomic E-state index is -0.681. The molecule has 0 radical (unpaired) electrons. The van der Waals surface area contributed by atoms with E-state index in [9.17, 15) is 14.0 Å². The van der Waals surface area contributed by atoms with Crippen molar-refractivity contribution in [1.82, 2.24) is 0 Å². The highest BCUT2D eigenvalue weighted by atomic mass is 19.1. The number of methoxy groups -OCH3 is 1. The third kappa shape index (κ3) is 1.79. The maximum atomic E-state index is 13.2. The van der Waals surface area contributed by atoms with Crippen LogP contribution in [0.25, 0.3) is 0 Å². The average Bonchev–Trinajstić information content (AvgIpc) is 2.16. The predicted octanol–water partition coefficient (Wildman–Crippen LogP) is 1.85. The Morgan fingerprint density at radius 3 is 2.57 bits per heavy atom. The highest BCUT2D eigenvalue weighted by Crippen LogP contribution is 2.21. The lowest BCUT2D eigenvalue weighted by atomic mass is 10.1. The summed E-state index contributed by atoms with van der Waals surface area (Å²) in [6.07, 6.45) is 0.519. The van der Waals surface area contributed by atoms with Crippen LogP contribution in [0, 0.1) is 5.82 Å². The first-order valence-electron chi connectivity index (χ1n) is 3.93. The number of rotatable bonds is 3. The molecule has 0 atom stereocenters. The van der Waals surface area contributed by atoms with Crippen LogP contribution in [0.2, 0.25) is 0 Å². The second-order valence-electron chi connectivity index (χ2n) is 2.75. The maximum absolute atomic E-state index is 13.2. The van der Waals surface area contributed by atoms with Gasteiger partial charge in [-0.05, 0) is 13.0 Å². The molecule has 0 unspecified atom stereocenters. The first kappa shape index (κ1) is 10.4. The molecule has 0 heterocycles. The Morgan fingerprint density at radius 2 is 2.14 bits per heavy atom. The number of hydrogen-bond donors (Lipinski definition) is 0. The van der Waals surface area contributed by atoms with Gasteiger partial charge in [0, 0.05) is 6.07 Å². The standard InChI is InChI=1S/C10H9FO3/c1-6(13)8-3-7(5-12)10(14-2)4-9(8)11/h3-5H,1-2H3. The van der Waals surface area contributed by atoms with Gasteiger partial charge in [-0.25, -0.2) is 4.39 Å². The van der Waals surface area contributed by atoms with E-state index in [1.165, 1.54) is 20.1 Å². The normalized spacial score (nSPS) is 9.64. The van der Waals surface area contributed by atoms with Crippen molar-refractivity contribution in [2.45, 2.75) is 6.92 Å². The lowest BCUT2D eigenvalue weighted by Gasteiger charge is -2.05. The molecule has 0 amide bonds.